The molecule has 0 atom stereocenters. The van der Waals surface area contributed by atoms with Crippen molar-refractivity contribution in [2.45, 2.75) is 31.0 Å². The van der Waals surface area contributed by atoms with Gasteiger partial charge in [-0.25, -0.2) is 0 Å². The maximum absolute atomic E-state index is 12.7. The van der Waals surface area contributed by atoms with Gasteiger partial charge in [-0.05, 0) is 60.7 Å². The number of nitrogens with zero attached hydrogens (tertiary/aromatic N) is 3. The van der Waals surface area contributed by atoms with Crippen molar-refractivity contribution in [1.29, 1.82) is 0 Å². The molecule has 0 saturated carbocycles. The summed E-state index contributed by atoms with van der Waals surface area (Å²) in [6, 6.07) is 13.6. The van der Waals surface area contributed by atoms with Crippen molar-refractivity contribution in [3.05, 3.63) is 64.2 Å². The molecule has 1 aliphatic carbocycles. The molecule has 2 aromatic carbocycles. The molecule has 0 fully saturated rings. The normalized spacial score (nSPS) is 12.9. The van der Waals surface area contributed by atoms with Gasteiger partial charge in [0.1, 0.15) is 0 Å². The molecular formula is C22H22ClN3O2S. The number of carbonyl (C=O) groups excluding carboxylic acids is 1. The molecule has 1 aliphatic rings. The van der Waals surface area contributed by atoms with Crippen LogP contribution in [-0.2, 0) is 24.1 Å². The average Bonchev–Trinajstić information content (AvgIpc) is 3.37. The highest BCUT2D eigenvalue weighted by Gasteiger charge is 2.18. The second kappa shape index (κ2) is 9.11. The number of aryl methyl sites for hydroxylation is 2. The number of hydrogen-bond acceptors (Lipinski definition) is 5. The van der Waals surface area contributed by atoms with E-state index < -0.39 is 0 Å². The van der Waals surface area contributed by atoms with Crippen LogP contribution in [0, 0.1) is 0 Å². The Hall–Kier alpha value is -2.15. The first-order valence-corrected chi connectivity index (χ1v) is 11.0. The minimum atomic E-state index is 0.110. The monoisotopic (exact) mass is 427 g/mol. The van der Waals surface area contributed by atoms with Gasteiger partial charge >= 0.3 is 0 Å². The van der Waals surface area contributed by atoms with E-state index in [9.17, 15) is 4.79 Å². The summed E-state index contributed by atoms with van der Waals surface area (Å²) in [5.74, 6) is 1.18. The zero-order valence-corrected chi connectivity index (χ0v) is 17.8. The SMILES string of the molecule is COCCn1c(SCC(=O)c2ccc3c(c2)CCC3)nnc1-c1ccc(Cl)cc1. The van der Waals surface area contributed by atoms with Crippen LogP contribution in [0.3, 0.4) is 0 Å². The highest BCUT2D eigenvalue weighted by atomic mass is 35.5. The van der Waals surface area contributed by atoms with Gasteiger partial charge in [0.2, 0.25) is 0 Å². The van der Waals surface area contributed by atoms with Gasteiger partial charge in [0, 0.05) is 23.3 Å². The quantitative estimate of drug-likeness (QED) is 0.385. The molecule has 4 rings (SSSR count). The predicted octanol–water partition coefficient (Wildman–Crippen LogP) is 4.71. The van der Waals surface area contributed by atoms with Crippen molar-refractivity contribution in [2.75, 3.05) is 19.5 Å². The molecule has 1 aromatic heterocycles. The molecule has 0 bridgehead atoms. The Bertz CT molecular complexity index is 1020. The first-order chi connectivity index (χ1) is 14.2. The fourth-order valence-electron chi connectivity index (χ4n) is 3.55. The van der Waals surface area contributed by atoms with E-state index in [-0.39, 0.29) is 5.78 Å². The minimum absolute atomic E-state index is 0.110. The lowest BCUT2D eigenvalue weighted by Gasteiger charge is -2.10. The van der Waals surface area contributed by atoms with Crippen LogP contribution < -0.4 is 0 Å². The Kier molecular flexibility index (Phi) is 6.33. The largest absolute Gasteiger partial charge is 0.383 e. The number of ketones is 1. The zero-order valence-electron chi connectivity index (χ0n) is 16.2. The molecule has 150 valence electrons. The number of fused-ring (bicyclic) bond motifs is 1. The van der Waals surface area contributed by atoms with E-state index in [2.05, 4.69) is 22.3 Å². The molecule has 7 heteroatoms. The predicted molar refractivity (Wildman–Crippen MR) is 116 cm³/mol. The standard InChI is InChI=1S/C22H22ClN3O2S/c1-28-12-11-26-21(16-7-9-19(23)10-8-16)24-25-22(26)29-14-20(27)18-6-5-15-3-2-4-17(15)13-18/h5-10,13H,2-4,11-12,14H2,1H3. The number of benzene rings is 2. The number of rotatable bonds is 8. The van der Waals surface area contributed by atoms with E-state index in [1.54, 1.807) is 7.11 Å². The first-order valence-electron chi connectivity index (χ1n) is 9.61. The number of methoxy groups -OCH3 is 1. The first kappa shape index (κ1) is 20.1. The smallest absolute Gasteiger partial charge is 0.192 e. The summed E-state index contributed by atoms with van der Waals surface area (Å²) in [6.07, 6.45) is 3.37. The van der Waals surface area contributed by atoms with Crippen molar-refractivity contribution < 1.29 is 9.53 Å². The fourth-order valence-corrected chi connectivity index (χ4v) is 4.54. The van der Waals surface area contributed by atoms with Crippen molar-refractivity contribution in [2.24, 2.45) is 0 Å². The molecule has 0 saturated heterocycles. The summed E-state index contributed by atoms with van der Waals surface area (Å²) < 4.78 is 7.24. The third kappa shape index (κ3) is 4.55. The van der Waals surface area contributed by atoms with Gasteiger partial charge in [0.25, 0.3) is 0 Å². The molecular weight excluding hydrogens is 406 g/mol. The van der Waals surface area contributed by atoms with Crippen LogP contribution >= 0.6 is 23.4 Å². The second-order valence-electron chi connectivity index (χ2n) is 7.01. The van der Waals surface area contributed by atoms with E-state index in [0.717, 1.165) is 29.8 Å². The van der Waals surface area contributed by atoms with Crippen molar-refractivity contribution >= 4 is 29.1 Å². The number of thioether (sulfide) groups is 1. The van der Waals surface area contributed by atoms with Crippen LogP contribution in [-0.4, -0.2) is 40.0 Å². The molecule has 0 amide bonds. The topological polar surface area (TPSA) is 57.0 Å². The molecule has 0 spiro atoms. The fraction of sp³-hybridized carbons (Fsp3) is 0.318. The minimum Gasteiger partial charge on any atom is -0.383 e. The van der Waals surface area contributed by atoms with Gasteiger partial charge in [0.05, 0.1) is 18.9 Å². The second-order valence-corrected chi connectivity index (χ2v) is 8.39. The highest BCUT2D eigenvalue weighted by Crippen LogP contribution is 2.27. The average molecular weight is 428 g/mol. The third-order valence-corrected chi connectivity index (χ3v) is 6.31. The number of hydrogen-bond donors (Lipinski definition) is 0. The summed E-state index contributed by atoms with van der Waals surface area (Å²) in [6.45, 7) is 1.14. The summed E-state index contributed by atoms with van der Waals surface area (Å²) in [7, 11) is 1.66. The van der Waals surface area contributed by atoms with Crippen LogP contribution in [0.4, 0.5) is 0 Å². The lowest BCUT2D eigenvalue weighted by atomic mass is 10.0. The summed E-state index contributed by atoms with van der Waals surface area (Å²) in [4.78, 5) is 12.7. The number of halogens is 1. The zero-order chi connectivity index (χ0) is 20.2. The Morgan fingerprint density at radius 2 is 1.93 bits per heavy atom. The van der Waals surface area contributed by atoms with Gasteiger partial charge in [-0.3, -0.25) is 9.36 Å². The molecule has 1 heterocycles. The lowest BCUT2D eigenvalue weighted by Crippen LogP contribution is -2.09. The number of carbonyl (C=O) groups is 1. The van der Waals surface area contributed by atoms with Crippen LogP contribution in [0.25, 0.3) is 11.4 Å². The van der Waals surface area contributed by atoms with E-state index in [1.165, 1.54) is 29.3 Å². The Labute approximate surface area is 179 Å². The van der Waals surface area contributed by atoms with Gasteiger partial charge in [-0.2, -0.15) is 0 Å². The number of aromatic nitrogens is 3. The van der Waals surface area contributed by atoms with Crippen LogP contribution in [0.15, 0.2) is 47.6 Å². The maximum atomic E-state index is 12.7. The van der Waals surface area contributed by atoms with E-state index in [4.69, 9.17) is 16.3 Å². The number of ether oxygens (including phenoxy) is 1. The van der Waals surface area contributed by atoms with E-state index in [1.807, 2.05) is 34.9 Å². The molecule has 0 N–H and O–H groups in total. The van der Waals surface area contributed by atoms with E-state index >= 15 is 0 Å². The van der Waals surface area contributed by atoms with Crippen molar-refractivity contribution in [1.82, 2.24) is 14.8 Å². The summed E-state index contributed by atoms with van der Waals surface area (Å²) in [5, 5.41) is 10.1. The Balaban J connectivity index is 1.51. The summed E-state index contributed by atoms with van der Waals surface area (Å²) in [5.41, 5.74) is 4.39. The lowest BCUT2D eigenvalue weighted by molar-refractivity contribution is 0.102. The van der Waals surface area contributed by atoms with E-state index in [0.29, 0.717) is 29.1 Å². The van der Waals surface area contributed by atoms with Crippen molar-refractivity contribution in [3.8, 4) is 11.4 Å². The van der Waals surface area contributed by atoms with Crippen LogP contribution in [0.1, 0.15) is 27.9 Å². The molecule has 29 heavy (non-hydrogen) atoms. The van der Waals surface area contributed by atoms with Crippen molar-refractivity contribution in [3.63, 3.8) is 0 Å². The highest BCUT2D eigenvalue weighted by molar-refractivity contribution is 7.99. The molecule has 0 radical (unpaired) electrons. The molecule has 3 aromatic rings. The number of Topliss-reactive ketones (excluding diaryl/α,β-unsaturated/α-hetero) is 1. The Morgan fingerprint density at radius 3 is 2.72 bits per heavy atom. The molecule has 0 aliphatic heterocycles. The van der Waals surface area contributed by atoms with Crippen LogP contribution in [0.2, 0.25) is 5.02 Å². The van der Waals surface area contributed by atoms with Crippen LogP contribution in [0.5, 0.6) is 0 Å². The molecule has 5 nitrogen and oxygen atoms in total. The van der Waals surface area contributed by atoms with Gasteiger partial charge < -0.3 is 4.74 Å². The molecule has 0 unspecified atom stereocenters. The van der Waals surface area contributed by atoms with Gasteiger partial charge in [-0.1, -0.05) is 35.5 Å². The third-order valence-electron chi connectivity index (χ3n) is 5.09. The van der Waals surface area contributed by atoms with Gasteiger partial charge in [-0.15, -0.1) is 10.2 Å². The maximum Gasteiger partial charge on any atom is 0.192 e. The Morgan fingerprint density at radius 1 is 1.14 bits per heavy atom. The summed E-state index contributed by atoms with van der Waals surface area (Å²) >= 11 is 7.41. The van der Waals surface area contributed by atoms with Gasteiger partial charge in [0.15, 0.2) is 16.8 Å².